The second kappa shape index (κ2) is 20.2. The van der Waals surface area contributed by atoms with E-state index >= 15 is 0 Å². The summed E-state index contributed by atoms with van der Waals surface area (Å²) in [6.07, 6.45) is 0.860. The molecule has 33 heavy (non-hydrogen) atoms. The molecule has 0 spiro atoms. The first kappa shape index (κ1) is 35.1. The first-order valence-corrected chi connectivity index (χ1v) is 10.7. The highest BCUT2D eigenvalue weighted by Crippen LogP contribution is 2.17. The van der Waals surface area contributed by atoms with Crippen molar-refractivity contribution in [2.45, 2.75) is 52.3 Å². The van der Waals surface area contributed by atoms with Gasteiger partial charge in [-0.05, 0) is 41.0 Å². The van der Waals surface area contributed by atoms with E-state index in [-0.39, 0.29) is 23.1 Å². The van der Waals surface area contributed by atoms with E-state index in [1.807, 2.05) is 6.92 Å². The minimum Gasteiger partial charge on any atom is -0.462 e. The highest BCUT2D eigenvalue weighted by Gasteiger charge is 2.24. The average Bonchev–Trinajstić information content (AvgIpc) is 2.71. The number of hydrogen-bond acceptors (Lipinski definition) is 9. The molecule has 0 fully saturated rings. The zero-order valence-electron chi connectivity index (χ0n) is 20.7. The minimum atomic E-state index is -0.596. The van der Waals surface area contributed by atoms with Crippen molar-refractivity contribution in [3.05, 3.63) is 36.5 Å². The maximum atomic E-state index is 11.0. The smallest absolute Gasteiger partial charge is 0.335 e. The molecule has 0 bridgehead atoms. The number of alkyl halides is 1. The second-order valence-corrected chi connectivity index (χ2v) is 9.04. The molecule has 10 heteroatoms. The highest BCUT2D eigenvalue weighted by molar-refractivity contribution is 9.10. The third kappa shape index (κ3) is 24.0. The Kier molecular flexibility index (Phi) is 21.5. The summed E-state index contributed by atoms with van der Waals surface area (Å²) in [5.41, 5.74) is 0.973. The van der Waals surface area contributed by atoms with Crippen LogP contribution in [0.25, 0.3) is 0 Å². The van der Waals surface area contributed by atoms with E-state index in [1.165, 1.54) is 13.8 Å². The monoisotopic (exact) mass is 536 g/mol. The molecule has 0 N–H and O–H groups in total. The molecule has 0 saturated carbocycles. The maximum Gasteiger partial charge on any atom is 0.335 e. The first-order chi connectivity index (χ1) is 15.1. The average molecular weight is 537 g/mol. The molecule has 0 amide bonds. The molecule has 0 aromatic heterocycles. The van der Waals surface area contributed by atoms with E-state index < -0.39 is 23.1 Å². The molecule has 0 unspecified atom stereocenters. The molecule has 0 aromatic carbocycles. The lowest BCUT2D eigenvalue weighted by atomic mass is 10.2. The van der Waals surface area contributed by atoms with Crippen LogP contribution in [0.1, 0.15) is 48.0 Å². The predicted octanol–water partition coefficient (Wildman–Crippen LogP) is 4.05. The second-order valence-electron chi connectivity index (χ2n) is 7.06. The van der Waals surface area contributed by atoms with Crippen LogP contribution in [0.3, 0.4) is 0 Å². The van der Waals surface area contributed by atoms with Gasteiger partial charge in [0.2, 0.25) is 6.79 Å². The van der Waals surface area contributed by atoms with Gasteiger partial charge in [0.05, 0.1) is 13.2 Å². The van der Waals surface area contributed by atoms with Gasteiger partial charge in [-0.2, -0.15) is 0 Å². The minimum absolute atomic E-state index is 0.256. The lowest BCUT2D eigenvalue weighted by molar-refractivity contribution is -0.161. The molecule has 190 valence electrons. The largest absolute Gasteiger partial charge is 0.462 e. The van der Waals surface area contributed by atoms with Gasteiger partial charge in [0, 0.05) is 23.8 Å². The van der Waals surface area contributed by atoms with E-state index in [0.717, 1.165) is 6.42 Å². The van der Waals surface area contributed by atoms with Crippen LogP contribution in [0.5, 0.6) is 0 Å². The van der Waals surface area contributed by atoms with Crippen LogP contribution in [-0.4, -0.2) is 61.9 Å². The van der Waals surface area contributed by atoms with Crippen LogP contribution in [0.4, 0.5) is 0 Å². The van der Waals surface area contributed by atoms with Crippen LogP contribution in [0.2, 0.25) is 0 Å². The Morgan fingerprint density at radius 2 is 1.12 bits per heavy atom. The third-order valence-electron chi connectivity index (χ3n) is 2.87. The number of rotatable bonds is 11. The Morgan fingerprint density at radius 1 is 0.727 bits per heavy atom. The van der Waals surface area contributed by atoms with Crippen molar-refractivity contribution >= 4 is 39.8 Å². The summed E-state index contributed by atoms with van der Waals surface area (Å²) in [6.45, 7) is 21.0. The van der Waals surface area contributed by atoms with Gasteiger partial charge in [-0.3, -0.25) is 4.79 Å². The summed E-state index contributed by atoms with van der Waals surface area (Å²) in [6, 6.07) is 0. The summed E-state index contributed by atoms with van der Waals surface area (Å²) in [5, 5.41) is 0. The Bertz CT molecular complexity index is 650. The SMILES string of the molecule is C=C(C)C(=O)OCCC.C=C(C)C(=O)OCOC(=O)C(=C)C.COCCOC(=O)C(C)(C)Br. The van der Waals surface area contributed by atoms with Gasteiger partial charge in [-0.1, -0.05) is 42.6 Å². The summed E-state index contributed by atoms with van der Waals surface area (Å²) in [7, 11) is 1.56. The molecule has 9 nitrogen and oxygen atoms in total. The van der Waals surface area contributed by atoms with Gasteiger partial charge in [-0.15, -0.1) is 0 Å². The van der Waals surface area contributed by atoms with E-state index in [2.05, 4.69) is 45.1 Å². The Morgan fingerprint density at radius 3 is 1.42 bits per heavy atom. The van der Waals surface area contributed by atoms with Crippen LogP contribution in [0.15, 0.2) is 36.5 Å². The molecule has 0 aromatic rings. The molecule has 0 aliphatic rings. The molecule has 0 rings (SSSR count). The molecule has 0 radical (unpaired) electrons. The van der Waals surface area contributed by atoms with Crippen molar-refractivity contribution in [3.8, 4) is 0 Å². The fourth-order valence-corrected chi connectivity index (χ4v) is 1.20. The van der Waals surface area contributed by atoms with E-state index in [1.54, 1.807) is 27.9 Å². The number of carbonyl (C=O) groups is 4. The predicted molar refractivity (Wildman–Crippen MR) is 129 cm³/mol. The van der Waals surface area contributed by atoms with Gasteiger partial charge in [0.25, 0.3) is 0 Å². The van der Waals surface area contributed by atoms with Crippen LogP contribution in [0, 0.1) is 0 Å². The number of ether oxygens (including phenoxy) is 5. The van der Waals surface area contributed by atoms with Crippen molar-refractivity contribution in [2.24, 2.45) is 0 Å². The van der Waals surface area contributed by atoms with Gasteiger partial charge in [-0.25, -0.2) is 14.4 Å². The fraction of sp³-hybridized carbons (Fsp3) is 0.565. The summed E-state index contributed by atoms with van der Waals surface area (Å²) >= 11 is 3.18. The number of methoxy groups -OCH3 is 1. The van der Waals surface area contributed by atoms with Crippen molar-refractivity contribution < 1.29 is 42.9 Å². The van der Waals surface area contributed by atoms with Crippen LogP contribution >= 0.6 is 15.9 Å². The molecular weight excluding hydrogens is 500 g/mol. The van der Waals surface area contributed by atoms with Gasteiger partial charge in [0.15, 0.2) is 0 Å². The molecule has 0 heterocycles. The van der Waals surface area contributed by atoms with E-state index in [0.29, 0.717) is 25.4 Å². The Balaban J connectivity index is -0.000000416. The number of esters is 4. The fourth-order valence-electron chi connectivity index (χ4n) is 1.09. The lowest BCUT2D eigenvalue weighted by Crippen LogP contribution is -2.27. The van der Waals surface area contributed by atoms with Crippen LogP contribution in [-0.2, 0) is 42.9 Å². The molecule has 0 aliphatic carbocycles. The zero-order chi connectivity index (χ0) is 26.6. The van der Waals surface area contributed by atoms with Crippen molar-refractivity contribution in [3.63, 3.8) is 0 Å². The molecule has 0 aliphatic heterocycles. The number of carbonyl (C=O) groups excluding carboxylic acids is 4. The third-order valence-corrected chi connectivity index (χ3v) is 3.19. The van der Waals surface area contributed by atoms with Gasteiger partial charge < -0.3 is 23.7 Å². The summed E-state index contributed by atoms with van der Waals surface area (Å²) in [5.74, 6) is -1.74. The highest BCUT2D eigenvalue weighted by atomic mass is 79.9. The number of halogens is 1. The normalized spacial score (nSPS) is 9.58. The van der Waals surface area contributed by atoms with E-state index in [4.69, 9.17) is 14.2 Å². The molecular formula is C23H37BrO9. The van der Waals surface area contributed by atoms with Gasteiger partial charge >= 0.3 is 23.9 Å². The Labute approximate surface area is 205 Å². The van der Waals surface area contributed by atoms with Crippen LogP contribution < -0.4 is 0 Å². The first-order valence-electron chi connectivity index (χ1n) is 9.94. The molecule has 0 saturated heterocycles. The maximum absolute atomic E-state index is 11.0. The number of hydrogen-bond donors (Lipinski definition) is 0. The standard InChI is InChI=1S/C9H12O4.C7H13BrO3.C7H12O2/c1-6(2)8(10)12-5-13-9(11)7(3)4;1-7(2,8)6(9)11-5-4-10-3;1-4-5-9-7(8)6(2)3/h1,3,5H2,2,4H3;4-5H2,1-3H3;2,4-5H2,1,3H3. The van der Waals surface area contributed by atoms with Crippen molar-refractivity contribution in [2.75, 3.05) is 33.7 Å². The quantitative estimate of drug-likeness (QED) is 0.0962. The van der Waals surface area contributed by atoms with E-state index in [9.17, 15) is 19.2 Å². The Hall–Kier alpha value is -2.46. The van der Waals surface area contributed by atoms with Crippen molar-refractivity contribution in [1.29, 1.82) is 0 Å². The summed E-state index contributed by atoms with van der Waals surface area (Å²) < 4.78 is 22.7. The van der Waals surface area contributed by atoms with Gasteiger partial charge in [0.1, 0.15) is 10.9 Å². The lowest BCUT2D eigenvalue weighted by Gasteiger charge is -2.14. The van der Waals surface area contributed by atoms with Crippen molar-refractivity contribution in [1.82, 2.24) is 0 Å². The zero-order valence-corrected chi connectivity index (χ0v) is 22.3. The topological polar surface area (TPSA) is 114 Å². The molecule has 0 atom stereocenters. The summed E-state index contributed by atoms with van der Waals surface area (Å²) in [4.78, 5) is 43.1.